The molecule has 1 saturated carbocycles. The fourth-order valence-electron chi connectivity index (χ4n) is 2.94. The molecule has 2 N–H and O–H groups in total. The second-order valence-corrected chi connectivity index (χ2v) is 5.69. The number of nitrogens with zero attached hydrogens (tertiary/aromatic N) is 2. The van der Waals surface area contributed by atoms with Crippen molar-refractivity contribution in [2.75, 3.05) is 6.54 Å². The molecule has 0 atom stereocenters. The first-order valence-corrected chi connectivity index (χ1v) is 7.64. The molecule has 1 fully saturated rings. The summed E-state index contributed by atoms with van der Waals surface area (Å²) in [6.45, 7) is 2.98. The minimum atomic E-state index is 0.235. The predicted octanol–water partition coefficient (Wildman–Crippen LogP) is 2.13. The van der Waals surface area contributed by atoms with Crippen molar-refractivity contribution >= 4 is 5.91 Å². The third-order valence-electron chi connectivity index (χ3n) is 4.07. The number of carbonyl (C=O) groups excluding carboxylic acids is 1. The highest BCUT2D eigenvalue weighted by atomic mass is 16.2. The molecule has 0 radical (unpaired) electrons. The molecule has 1 aromatic rings. The van der Waals surface area contributed by atoms with E-state index in [1.807, 2.05) is 12.1 Å². The maximum Gasteiger partial charge on any atom is 0.227 e. The summed E-state index contributed by atoms with van der Waals surface area (Å²) in [5, 5.41) is 0. The molecule has 0 saturated heterocycles. The van der Waals surface area contributed by atoms with Gasteiger partial charge in [-0.3, -0.25) is 9.78 Å². The highest BCUT2D eigenvalue weighted by Crippen LogP contribution is 2.23. The van der Waals surface area contributed by atoms with Gasteiger partial charge in [-0.1, -0.05) is 6.92 Å². The van der Waals surface area contributed by atoms with E-state index in [1.165, 1.54) is 0 Å². The smallest absolute Gasteiger partial charge is 0.227 e. The molecular formula is C16H25N3O. The van der Waals surface area contributed by atoms with Gasteiger partial charge in [0.1, 0.15) is 0 Å². The molecule has 1 heterocycles. The number of pyridine rings is 1. The van der Waals surface area contributed by atoms with Crippen molar-refractivity contribution in [3.8, 4) is 0 Å². The van der Waals surface area contributed by atoms with Gasteiger partial charge in [0, 0.05) is 31.0 Å². The van der Waals surface area contributed by atoms with E-state index in [1.54, 1.807) is 12.4 Å². The van der Waals surface area contributed by atoms with Crippen LogP contribution in [0, 0.1) is 0 Å². The molecule has 0 unspecified atom stereocenters. The summed E-state index contributed by atoms with van der Waals surface area (Å²) < 4.78 is 0. The maximum absolute atomic E-state index is 12.6. The van der Waals surface area contributed by atoms with E-state index >= 15 is 0 Å². The van der Waals surface area contributed by atoms with Crippen molar-refractivity contribution in [1.29, 1.82) is 0 Å². The fraction of sp³-hybridized carbons (Fsp3) is 0.625. The van der Waals surface area contributed by atoms with Crippen LogP contribution in [0.1, 0.15) is 44.6 Å². The van der Waals surface area contributed by atoms with Crippen LogP contribution in [0.15, 0.2) is 24.5 Å². The van der Waals surface area contributed by atoms with Crippen molar-refractivity contribution in [3.63, 3.8) is 0 Å². The van der Waals surface area contributed by atoms with Gasteiger partial charge in [0.25, 0.3) is 0 Å². The van der Waals surface area contributed by atoms with E-state index in [0.29, 0.717) is 18.5 Å². The van der Waals surface area contributed by atoms with Gasteiger partial charge in [0.05, 0.1) is 6.42 Å². The van der Waals surface area contributed by atoms with E-state index < -0.39 is 0 Å². The van der Waals surface area contributed by atoms with E-state index in [2.05, 4.69) is 16.8 Å². The van der Waals surface area contributed by atoms with Gasteiger partial charge in [-0.2, -0.15) is 0 Å². The Bertz CT molecular complexity index is 413. The maximum atomic E-state index is 12.6. The molecule has 1 aliphatic carbocycles. The fourth-order valence-corrected chi connectivity index (χ4v) is 2.94. The molecule has 0 aromatic carbocycles. The monoisotopic (exact) mass is 275 g/mol. The second kappa shape index (κ2) is 7.39. The largest absolute Gasteiger partial charge is 0.339 e. The minimum absolute atomic E-state index is 0.235. The van der Waals surface area contributed by atoms with Crippen LogP contribution in [-0.4, -0.2) is 34.4 Å². The van der Waals surface area contributed by atoms with Gasteiger partial charge in [-0.15, -0.1) is 0 Å². The third kappa shape index (κ3) is 4.04. The Morgan fingerprint density at radius 1 is 1.30 bits per heavy atom. The van der Waals surface area contributed by atoms with Crippen LogP contribution in [0.3, 0.4) is 0 Å². The van der Waals surface area contributed by atoms with Crippen molar-refractivity contribution in [1.82, 2.24) is 9.88 Å². The predicted molar refractivity (Wildman–Crippen MR) is 80.2 cm³/mol. The molecule has 0 bridgehead atoms. The zero-order chi connectivity index (χ0) is 14.4. The molecule has 4 nitrogen and oxygen atoms in total. The topological polar surface area (TPSA) is 59.2 Å². The van der Waals surface area contributed by atoms with Crippen LogP contribution in [0.4, 0.5) is 0 Å². The van der Waals surface area contributed by atoms with Crippen LogP contribution in [-0.2, 0) is 11.2 Å². The zero-order valence-corrected chi connectivity index (χ0v) is 12.3. The Balaban J connectivity index is 1.98. The number of amides is 1. The van der Waals surface area contributed by atoms with Crippen LogP contribution in [0.5, 0.6) is 0 Å². The van der Waals surface area contributed by atoms with Crippen LogP contribution >= 0.6 is 0 Å². The van der Waals surface area contributed by atoms with Crippen LogP contribution < -0.4 is 5.73 Å². The van der Waals surface area contributed by atoms with Gasteiger partial charge in [-0.25, -0.2) is 0 Å². The Morgan fingerprint density at radius 2 is 1.95 bits per heavy atom. The van der Waals surface area contributed by atoms with Crippen LogP contribution in [0.25, 0.3) is 0 Å². The number of carbonyl (C=O) groups is 1. The van der Waals surface area contributed by atoms with Crippen molar-refractivity contribution in [3.05, 3.63) is 30.1 Å². The summed E-state index contributed by atoms with van der Waals surface area (Å²) >= 11 is 0. The lowest BCUT2D eigenvalue weighted by Crippen LogP contribution is -2.45. The Kier molecular flexibility index (Phi) is 5.53. The molecule has 1 aromatic heterocycles. The molecule has 1 aliphatic rings. The highest BCUT2D eigenvalue weighted by Gasteiger charge is 2.26. The van der Waals surface area contributed by atoms with E-state index in [4.69, 9.17) is 5.73 Å². The summed E-state index contributed by atoms with van der Waals surface area (Å²) in [5.41, 5.74) is 7.00. The number of hydrogen-bond acceptors (Lipinski definition) is 3. The number of aromatic nitrogens is 1. The molecule has 0 aliphatic heterocycles. The summed E-state index contributed by atoms with van der Waals surface area (Å²) in [6, 6.07) is 4.53. The molecule has 2 rings (SSSR count). The molecule has 110 valence electrons. The Labute approximate surface area is 121 Å². The molecular weight excluding hydrogens is 250 g/mol. The third-order valence-corrected chi connectivity index (χ3v) is 4.07. The lowest BCUT2D eigenvalue weighted by atomic mass is 9.90. The molecule has 0 spiro atoms. The first kappa shape index (κ1) is 15.0. The Hall–Kier alpha value is -1.42. The summed E-state index contributed by atoms with van der Waals surface area (Å²) in [7, 11) is 0. The zero-order valence-electron chi connectivity index (χ0n) is 12.3. The first-order chi connectivity index (χ1) is 9.70. The van der Waals surface area contributed by atoms with E-state index in [9.17, 15) is 4.79 Å². The molecule has 1 amide bonds. The summed E-state index contributed by atoms with van der Waals surface area (Å²) in [5.74, 6) is 0.235. The standard InChI is InChI=1S/C16H25N3O/c1-2-11-19(15-5-3-14(17)4-6-15)16(20)12-13-7-9-18-10-8-13/h7-10,14-15H,2-6,11-12,17H2,1H3. The lowest BCUT2D eigenvalue weighted by Gasteiger charge is -2.36. The lowest BCUT2D eigenvalue weighted by molar-refractivity contribution is -0.133. The summed E-state index contributed by atoms with van der Waals surface area (Å²) in [6.07, 6.45) is 9.13. The number of rotatable bonds is 5. The second-order valence-electron chi connectivity index (χ2n) is 5.69. The molecule has 4 heteroatoms. The number of hydrogen-bond donors (Lipinski definition) is 1. The highest BCUT2D eigenvalue weighted by molar-refractivity contribution is 5.79. The normalized spacial score (nSPS) is 22.5. The average molecular weight is 275 g/mol. The average Bonchev–Trinajstić information content (AvgIpc) is 2.47. The number of nitrogens with two attached hydrogens (primary N) is 1. The first-order valence-electron chi connectivity index (χ1n) is 7.64. The van der Waals surface area contributed by atoms with E-state index in [0.717, 1.165) is 44.2 Å². The van der Waals surface area contributed by atoms with Crippen LogP contribution in [0.2, 0.25) is 0 Å². The van der Waals surface area contributed by atoms with Gasteiger partial charge in [0.2, 0.25) is 5.91 Å². The molecule has 20 heavy (non-hydrogen) atoms. The Morgan fingerprint density at radius 3 is 2.55 bits per heavy atom. The minimum Gasteiger partial charge on any atom is -0.339 e. The van der Waals surface area contributed by atoms with E-state index in [-0.39, 0.29) is 5.91 Å². The van der Waals surface area contributed by atoms with Gasteiger partial charge >= 0.3 is 0 Å². The quantitative estimate of drug-likeness (QED) is 0.895. The van der Waals surface area contributed by atoms with Gasteiger partial charge in [0.15, 0.2) is 0 Å². The summed E-state index contributed by atoms with van der Waals surface area (Å²) in [4.78, 5) is 18.6. The van der Waals surface area contributed by atoms with Gasteiger partial charge in [-0.05, 0) is 49.8 Å². The van der Waals surface area contributed by atoms with Crippen molar-refractivity contribution in [2.45, 2.75) is 57.5 Å². The SMILES string of the molecule is CCCN(C(=O)Cc1ccncc1)C1CCC(N)CC1. The van der Waals surface area contributed by atoms with Crippen molar-refractivity contribution < 1.29 is 4.79 Å². The van der Waals surface area contributed by atoms with Gasteiger partial charge < -0.3 is 10.6 Å². The van der Waals surface area contributed by atoms with Crippen molar-refractivity contribution in [2.24, 2.45) is 5.73 Å².